The second-order valence-corrected chi connectivity index (χ2v) is 7.10. The van der Waals surface area contributed by atoms with Crippen molar-refractivity contribution in [2.45, 2.75) is 11.1 Å². The molecule has 7 nitrogen and oxygen atoms in total. The van der Waals surface area contributed by atoms with E-state index in [1.807, 2.05) is 13.0 Å². The molecule has 0 unspecified atom stereocenters. The van der Waals surface area contributed by atoms with Gasteiger partial charge in [-0.2, -0.15) is 0 Å². The summed E-state index contributed by atoms with van der Waals surface area (Å²) in [6.07, 6.45) is 1.46. The average molecular weight is 321 g/mol. The molecule has 0 aliphatic carbocycles. The van der Waals surface area contributed by atoms with Crippen LogP contribution in [0.25, 0.3) is 5.69 Å². The molecule has 1 N–H and O–H groups in total. The van der Waals surface area contributed by atoms with E-state index in [1.54, 1.807) is 29.6 Å². The van der Waals surface area contributed by atoms with Crippen LogP contribution in [0.3, 0.4) is 0 Å². The predicted molar refractivity (Wildman–Crippen MR) is 79.0 cm³/mol. The number of nitrogens with zero attached hydrogens (tertiary/aromatic N) is 4. The van der Waals surface area contributed by atoms with Gasteiger partial charge in [0.05, 0.1) is 11.4 Å². The summed E-state index contributed by atoms with van der Waals surface area (Å²) in [7, 11) is -3.57. The van der Waals surface area contributed by atoms with Gasteiger partial charge in [-0.05, 0) is 46.5 Å². The van der Waals surface area contributed by atoms with Gasteiger partial charge in [-0.25, -0.2) is 13.1 Å². The van der Waals surface area contributed by atoms with Crippen molar-refractivity contribution in [3.05, 3.63) is 47.6 Å². The van der Waals surface area contributed by atoms with Crippen LogP contribution in [0.1, 0.15) is 5.56 Å². The molecule has 2 heterocycles. The van der Waals surface area contributed by atoms with Crippen LogP contribution in [0.4, 0.5) is 5.69 Å². The lowest BCUT2D eigenvalue weighted by atomic mass is 10.1. The van der Waals surface area contributed by atoms with Crippen molar-refractivity contribution in [3.8, 4) is 5.69 Å². The molecule has 0 atom stereocenters. The quantitative estimate of drug-likeness (QED) is 0.792. The number of nitrogens with one attached hydrogen (secondary N) is 1. The Labute approximate surface area is 125 Å². The standard InChI is InChI=1S/C12H11N5O2S2/c1-9-10(14-21(18,19)12-6-3-7-20-12)4-2-5-11(9)17-8-13-15-16-17/h2-8,14H,1H3. The summed E-state index contributed by atoms with van der Waals surface area (Å²) in [6.45, 7) is 1.81. The normalized spacial score (nSPS) is 11.5. The van der Waals surface area contributed by atoms with Crippen molar-refractivity contribution in [1.29, 1.82) is 0 Å². The molecule has 0 radical (unpaired) electrons. The lowest BCUT2D eigenvalue weighted by molar-refractivity contribution is 0.603. The minimum atomic E-state index is -3.57. The fourth-order valence-electron chi connectivity index (χ4n) is 1.87. The minimum absolute atomic E-state index is 0.273. The second kappa shape index (κ2) is 5.26. The van der Waals surface area contributed by atoms with Crippen LogP contribution in [-0.4, -0.2) is 28.6 Å². The molecule has 1 aromatic carbocycles. The zero-order valence-electron chi connectivity index (χ0n) is 11.0. The first-order valence-corrected chi connectivity index (χ1v) is 8.33. The maximum absolute atomic E-state index is 12.3. The zero-order chi connectivity index (χ0) is 14.9. The first-order valence-electron chi connectivity index (χ1n) is 5.97. The van der Waals surface area contributed by atoms with Crippen molar-refractivity contribution in [2.75, 3.05) is 4.72 Å². The van der Waals surface area contributed by atoms with Crippen LogP contribution in [0.2, 0.25) is 0 Å². The Morgan fingerprint density at radius 3 is 2.76 bits per heavy atom. The number of anilines is 1. The summed E-state index contributed by atoms with van der Waals surface area (Å²) in [5.41, 5.74) is 1.95. The molecule has 2 aromatic heterocycles. The van der Waals surface area contributed by atoms with E-state index in [2.05, 4.69) is 20.2 Å². The molecule has 0 bridgehead atoms. The maximum Gasteiger partial charge on any atom is 0.271 e. The Morgan fingerprint density at radius 2 is 2.10 bits per heavy atom. The Morgan fingerprint density at radius 1 is 1.24 bits per heavy atom. The second-order valence-electron chi connectivity index (χ2n) is 4.24. The monoisotopic (exact) mass is 321 g/mol. The SMILES string of the molecule is Cc1c(NS(=O)(=O)c2cccs2)cccc1-n1cnnn1. The number of thiophene rings is 1. The van der Waals surface area contributed by atoms with Crippen molar-refractivity contribution < 1.29 is 8.42 Å². The summed E-state index contributed by atoms with van der Waals surface area (Å²) >= 11 is 1.17. The molecule has 9 heteroatoms. The number of sulfonamides is 1. The van der Waals surface area contributed by atoms with Crippen LogP contribution >= 0.6 is 11.3 Å². The molecule has 0 aliphatic heterocycles. The number of hydrogen-bond acceptors (Lipinski definition) is 6. The molecule has 0 spiro atoms. The minimum Gasteiger partial charge on any atom is -0.279 e. The van der Waals surface area contributed by atoms with E-state index in [4.69, 9.17) is 0 Å². The van der Waals surface area contributed by atoms with Crippen LogP contribution < -0.4 is 4.72 Å². The summed E-state index contributed by atoms with van der Waals surface area (Å²) in [5.74, 6) is 0. The number of hydrogen-bond donors (Lipinski definition) is 1. The molecule has 108 valence electrons. The number of tetrazole rings is 1. The Kier molecular flexibility index (Phi) is 3.43. The van der Waals surface area contributed by atoms with Crippen molar-refractivity contribution in [1.82, 2.24) is 20.2 Å². The van der Waals surface area contributed by atoms with Gasteiger partial charge in [-0.15, -0.1) is 16.4 Å². The molecule has 0 amide bonds. The largest absolute Gasteiger partial charge is 0.279 e. The van der Waals surface area contributed by atoms with Gasteiger partial charge in [0.15, 0.2) is 0 Å². The van der Waals surface area contributed by atoms with E-state index in [1.165, 1.54) is 22.3 Å². The predicted octanol–water partition coefficient (Wildman–Crippen LogP) is 1.83. The summed E-state index contributed by atoms with van der Waals surface area (Å²) in [4.78, 5) is 0. The fraction of sp³-hybridized carbons (Fsp3) is 0.0833. The maximum atomic E-state index is 12.3. The highest BCUT2D eigenvalue weighted by Gasteiger charge is 2.17. The van der Waals surface area contributed by atoms with Crippen LogP contribution in [0, 0.1) is 6.92 Å². The van der Waals surface area contributed by atoms with E-state index >= 15 is 0 Å². The van der Waals surface area contributed by atoms with Crippen molar-refractivity contribution >= 4 is 27.0 Å². The molecular formula is C12H11N5O2S2. The summed E-state index contributed by atoms with van der Waals surface area (Å²) in [6, 6.07) is 8.52. The number of benzene rings is 1. The van der Waals surface area contributed by atoms with Crippen LogP contribution in [0.5, 0.6) is 0 Å². The lowest BCUT2D eigenvalue weighted by Gasteiger charge is -2.12. The van der Waals surface area contributed by atoms with E-state index in [0.29, 0.717) is 11.4 Å². The highest BCUT2D eigenvalue weighted by Crippen LogP contribution is 2.25. The van der Waals surface area contributed by atoms with Gasteiger partial charge in [-0.3, -0.25) is 4.72 Å². The van der Waals surface area contributed by atoms with Gasteiger partial charge in [0, 0.05) is 0 Å². The van der Waals surface area contributed by atoms with Crippen LogP contribution in [-0.2, 0) is 10.0 Å². The fourth-order valence-corrected chi connectivity index (χ4v) is 3.98. The summed E-state index contributed by atoms with van der Waals surface area (Å²) < 4.78 is 28.9. The highest BCUT2D eigenvalue weighted by atomic mass is 32.2. The molecular weight excluding hydrogens is 310 g/mol. The van der Waals surface area contributed by atoms with Gasteiger partial charge in [0.1, 0.15) is 10.5 Å². The van der Waals surface area contributed by atoms with E-state index in [9.17, 15) is 8.42 Å². The third kappa shape index (κ3) is 2.65. The van der Waals surface area contributed by atoms with Gasteiger partial charge in [0.25, 0.3) is 10.0 Å². The van der Waals surface area contributed by atoms with Crippen molar-refractivity contribution in [3.63, 3.8) is 0 Å². The molecule has 0 fully saturated rings. The third-order valence-corrected chi connectivity index (χ3v) is 5.67. The Balaban J connectivity index is 1.99. The van der Waals surface area contributed by atoms with Gasteiger partial charge in [-0.1, -0.05) is 12.1 Å². The first kappa shape index (κ1) is 13.7. The highest BCUT2D eigenvalue weighted by molar-refractivity contribution is 7.94. The lowest BCUT2D eigenvalue weighted by Crippen LogP contribution is -2.13. The average Bonchev–Trinajstić information content (AvgIpc) is 3.14. The smallest absolute Gasteiger partial charge is 0.271 e. The molecule has 21 heavy (non-hydrogen) atoms. The van der Waals surface area contributed by atoms with Gasteiger partial charge >= 0.3 is 0 Å². The van der Waals surface area contributed by atoms with Gasteiger partial charge in [0.2, 0.25) is 0 Å². The molecule has 0 saturated carbocycles. The van der Waals surface area contributed by atoms with Gasteiger partial charge < -0.3 is 0 Å². The molecule has 0 aliphatic rings. The number of rotatable bonds is 4. The molecule has 3 rings (SSSR count). The summed E-state index contributed by atoms with van der Waals surface area (Å²) in [5, 5.41) is 12.7. The molecule has 3 aromatic rings. The van der Waals surface area contributed by atoms with Crippen LogP contribution in [0.15, 0.2) is 46.2 Å². The number of aromatic nitrogens is 4. The van der Waals surface area contributed by atoms with E-state index in [0.717, 1.165) is 5.56 Å². The Bertz CT molecular complexity index is 842. The zero-order valence-corrected chi connectivity index (χ0v) is 12.6. The van der Waals surface area contributed by atoms with E-state index in [-0.39, 0.29) is 4.21 Å². The van der Waals surface area contributed by atoms with E-state index < -0.39 is 10.0 Å². The topological polar surface area (TPSA) is 89.8 Å². The van der Waals surface area contributed by atoms with Crippen molar-refractivity contribution in [2.24, 2.45) is 0 Å². The third-order valence-electron chi connectivity index (χ3n) is 2.91. The molecule has 0 saturated heterocycles. The first-order chi connectivity index (χ1) is 10.1. The Hall–Kier alpha value is -2.26.